The molecule has 2 fully saturated rings. The molecule has 0 saturated carbocycles. The van der Waals surface area contributed by atoms with Crippen LogP contribution in [-0.4, -0.2) is 65.6 Å². The summed E-state index contributed by atoms with van der Waals surface area (Å²) in [4.78, 5) is 53.9. The summed E-state index contributed by atoms with van der Waals surface area (Å²) in [5, 5.41) is 2.25. The molecule has 3 aliphatic heterocycles. The zero-order chi connectivity index (χ0) is 24.0. The van der Waals surface area contributed by atoms with Crippen LogP contribution in [0.3, 0.4) is 0 Å². The van der Waals surface area contributed by atoms with Crippen LogP contribution >= 0.6 is 0 Å². The van der Waals surface area contributed by atoms with Gasteiger partial charge >= 0.3 is 0 Å². The molecule has 0 aromatic heterocycles. The lowest BCUT2D eigenvalue weighted by atomic mass is 10.0. The van der Waals surface area contributed by atoms with Crippen molar-refractivity contribution in [2.75, 3.05) is 31.1 Å². The largest absolute Gasteiger partial charge is 0.366 e. The van der Waals surface area contributed by atoms with E-state index in [1.54, 1.807) is 17.0 Å². The molecule has 4 amide bonds. The smallest absolute Gasteiger partial charge is 0.255 e. The minimum Gasteiger partial charge on any atom is -0.366 e. The topological polar surface area (TPSA) is 90.0 Å². The summed E-state index contributed by atoms with van der Waals surface area (Å²) in [6.45, 7) is 1.59. The fraction of sp³-hybridized carbons (Fsp3) is 0.333. The van der Waals surface area contributed by atoms with Crippen LogP contribution in [0.15, 0.2) is 36.4 Å². The van der Waals surface area contributed by atoms with Gasteiger partial charge < -0.3 is 14.7 Å². The van der Waals surface area contributed by atoms with E-state index in [4.69, 9.17) is 0 Å². The van der Waals surface area contributed by atoms with E-state index in [2.05, 4.69) is 5.32 Å². The summed E-state index contributed by atoms with van der Waals surface area (Å²) in [6, 6.07) is 7.57. The van der Waals surface area contributed by atoms with E-state index in [1.165, 1.54) is 29.2 Å². The first-order chi connectivity index (χ1) is 16.3. The summed E-state index contributed by atoms with van der Waals surface area (Å²) in [5.74, 6) is -2.63. The molecular weight excluding hydrogens is 446 g/mol. The molecule has 0 bridgehead atoms. The minimum absolute atomic E-state index is 0.148. The van der Waals surface area contributed by atoms with Crippen molar-refractivity contribution in [3.63, 3.8) is 0 Å². The standard InChI is InChI=1S/C24H22F2N4O4/c25-16-3-1-2-14(10-16)23(33)29-8-6-28(7-9-29)20-11-15-13-30(24(34)17(15)12-18(20)26)19-4-5-21(31)27-22(19)32/h1-3,10-12,19H,4-9,13H2,(H,27,31,32). The lowest BCUT2D eigenvalue weighted by Gasteiger charge is -2.36. The maximum absolute atomic E-state index is 15.0. The van der Waals surface area contributed by atoms with Crippen LogP contribution in [0.4, 0.5) is 14.5 Å². The molecule has 3 heterocycles. The predicted molar refractivity (Wildman–Crippen MR) is 117 cm³/mol. The Labute approximate surface area is 194 Å². The molecule has 10 heteroatoms. The molecule has 176 valence electrons. The molecule has 2 aromatic rings. The van der Waals surface area contributed by atoms with E-state index >= 15 is 4.39 Å². The summed E-state index contributed by atoms with van der Waals surface area (Å²) in [6.07, 6.45) is 0.385. The number of amides is 4. The third-order valence-electron chi connectivity index (χ3n) is 6.57. The molecule has 1 unspecified atom stereocenters. The van der Waals surface area contributed by atoms with Crippen molar-refractivity contribution in [3.8, 4) is 0 Å². The van der Waals surface area contributed by atoms with Crippen LogP contribution in [0.1, 0.15) is 39.1 Å². The highest BCUT2D eigenvalue weighted by molar-refractivity contribution is 6.05. The number of halogens is 2. The van der Waals surface area contributed by atoms with Gasteiger partial charge in [-0.3, -0.25) is 24.5 Å². The summed E-state index contributed by atoms with van der Waals surface area (Å²) in [5.41, 5.74) is 1.42. The number of carbonyl (C=O) groups excluding carboxylic acids is 4. The number of anilines is 1. The van der Waals surface area contributed by atoms with Crippen molar-refractivity contribution in [1.29, 1.82) is 0 Å². The zero-order valence-corrected chi connectivity index (χ0v) is 18.2. The first kappa shape index (κ1) is 22.0. The van der Waals surface area contributed by atoms with Crippen LogP contribution in [0.5, 0.6) is 0 Å². The maximum atomic E-state index is 15.0. The van der Waals surface area contributed by atoms with E-state index in [1.807, 2.05) is 4.90 Å². The summed E-state index contributed by atoms with van der Waals surface area (Å²) in [7, 11) is 0. The predicted octanol–water partition coefficient (Wildman–Crippen LogP) is 1.69. The molecular formula is C24H22F2N4O4. The number of hydrogen-bond acceptors (Lipinski definition) is 5. The number of fused-ring (bicyclic) bond motifs is 1. The van der Waals surface area contributed by atoms with Crippen molar-refractivity contribution in [2.45, 2.75) is 25.4 Å². The quantitative estimate of drug-likeness (QED) is 0.693. The molecule has 1 N–H and O–H groups in total. The van der Waals surface area contributed by atoms with Gasteiger partial charge in [0.25, 0.3) is 11.8 Å². The number of imide groups is 1. The molecule has 0 radical (unpaired) electrons. The van der Waals surface area contributed by atoms with Crippen LogP contribution in [0, 0.1) is 11.6 Å². The van der Waals surface area contributed by atoms with E-state index in [0.717, 1.165) is 0 Å². The molecule has 8 nitrogen and oxygen atoms in total. The number of piperazine rings is 1. The Kier molecular flexibility index (Phi) is 5.51. The normalized spacial score (nSPS) is 20.5. The van der Waals surface area contributed by atoms with E-state index in [9.17, 15) is 23.6 Å². The average Bonchev–Trinajstić information content (AvgIpc) is 3.13. The number of nitrogens with zero attached hydrogens (tertiary/aromatic N) is 3. The van der Waals surface area contributed by atoms with E-state index < -0.39 is 29.5 Å². The monoisotopic (exact) mass is 468 g/mol. The third kappa shape index (κ3) is 3.89. The van der Waals surface area contributed by atoms with Crippen LogP contribution in [0.25, 0.3) is 0 Å². The number of hydrogen-bond donors (Lipinski definition) is 1. The second-order valence-corrected chi connectivity index (χ2v) is 8.65. The fourth-order valence-corrected chi connectivity index (χ4v) is 4.77. The van der Waals surface area contributed by atoms with E-state index in [0.29, 0.717) is 37.4 Å². The number of nitrogens with one attached hydrogen (secondary N) is 1. The molecule has 3 aliphatic rings. The maximum Gasteiger partial charge on any atom is 0.255 e. The van der Waals surface area contributed by atoms with Gasteiger partial charge in [0.2, 0.25) is 11.8 Å². The first-order valence-electron chi connectivity index (χ1n) is 11.1. The fourth-order valence-electron chi connectivity index (χ4n) is 4.77. The van der Waals surface area contributed by atoms with Gasteiger partial charge in [0.05, 0.1) is 5.69 Å². The number of piperidine rings is 1. The number of carbonyl (C=O) groups is 4. The van der Waals surface area contributed by atoms with Gasteiger partial charge in [-0.2, -0.15) is 0 Å². The van der Waals surface area contributed by atoms with Crippen molar-refractivity contribution in [1.82, 2.24) is 15.1 Å². The Balaban J connectivity index is 1.29. The molecule has 2 saturated heterocycles. The zero-order valence-electron chi connectivity index (χ0n) is 18.2. The van der Waals surface area contributed by atoms with Crippen molar-refractivity contribution < 1.29 is 28.0 Å². The molecule has 0 spiro atoms. The van der Waals surface area contributed by atoms with Crippen molar-refractivity contribution in [2.24, 2.45) is 0 Å². The van der Waals surface area contributed by atoms with Crippen molar-refractivity contribution in [3.05, 3.63) is 64.7 Å². The molecule has 0 aliphatic carbocycles. The molecule has 2 aromatic carbocycles. The lowest BCUT2D eigenvalue weighted by Crippen LogP contribution is -2.52. The van der Waals surface area contributed by atoms with Gasteiger partial charge in [0.1, 0.15) is 17.7 Å². The molecule has 34 heavy (non-hydrogen) atoms. The van der Waals surface area contributed by atoms with Crippen LogP contribution in [0.2, 0.25) is 0 Å². The first-order valence-corrected chi connectivity index (χ1v) is 11.1. The van der Waals surface area contributed by atoms with Crippen LogP contribution in [-0.2, 0) is 16.1 Å². The van der Waals surface area contributed by atoms with Gasteiger partial charge in [0.15, 0.2) is 0 Å². The second-order valence-electron chi connectivity index (χ2n) is 8.65. The Hall–Kier alpha value is -3.82. The average molecular weight is 468 g/mol. The SMILES string of the molecule is O=C1CCC(N2Cc3cc(N4CCN(C(=O)c5cccc(F)c5)CC4)c(F)cc3C2=O)C(=O)N1. The Morgan fingerprint density at radius 3 is 2.47 bits per heavy atom. The number of rotatable bonds is 3. The van der Waals surface area contributed by atoms with Crippen LogP contribution < -0.4 is 10.2 Å². The van der Waals surface area contributed by atoms with E-state index in [-0.39, 0.29) is 42.3 Å². The highest BCUT2D eigenvalue weighted by Crippen LogP contribution is 2.33. The van der Waals surface area contributed by atoms with Gasteiger partial charge in [-0.25, -0.2) is 8.78 Å². The lowest BCUT2D eigenvalue weighted by molar-refractivity contribution is -0.136. The molecule has 1 atom stereocenters. The highest BCUT2D eigenvalue weighted by atomic mass is 19.1. The van der Waals surface area contributed by atoms with Gasteiger partial charge in [-0.05, 0) is 42.3 Å². The highest BCUT2D eigenvalue weighted by Gasteiger charge is 2.40. The third-order valence-corrected chi connectivity index (χ3v) is 6.57. The minimum atomic E-state index is -0.763. The van der Waals surface area contributed by atoms with Crippen molar-refractivity contribution >= 4 is 29.3 Å². The Morgan fingerprint density at radius 2 is 1.76 bits per heavy atom. The second kappa shape index (κ2) is 8.51. The number of benzene rings is 2. The van der Waals surface area contributed by atoms with Gasteiger partial charge in [-0.1, -0.05) is 6.07 Å². The van der Waals surface area contributed by atoms with Gasteiger partial charge in [-0.15, -0.1) is 0 Å². The van der Waals surface area contributed by atoms with Gasteiger partial charge in [0, 0.05) is 50.3 Å². The summed E-state index contributed by atoms with van der Waals surface area (Å²) >= 11 is 0. The Morgan fingerprint density at radius 1 is 1.00 bits per heavy atom. The summed E-state index contributed by atoms with van der Waals surface area (Å²) < 4.78 is 28.5. The Bertz CT molecular complexity index is 1210. The molecule has 5 rings (SSSR count).